The maximum Gasteiger partial charge on any atom is -0.00748 e. The van der Waals surface area contributed by atoms with E-state index in [1.54, 1.807) is 11.1 Å². The fourth-order valence-corrected chi connectivity index (χ4v) is 2.67. The van der Waals surface area contributed by atoms with Crippen molar-refractivity contribution >= 4 is 0 Å². The number of benzene rings is 1. The van der Waals surface area contributed by atoms with Gasteiger partial charge in [0.25, 0.3) is 0 Å². The molecule has 0 aromatic heterocycles. The van der Waals surface area contributed by atoms with E-state index in [0.29, 0.717) is 5.41 Å². The van der Waals surface area contributed by atoms with E-state index in [4.69, 9.17) is 0 Å². The van der Waals surface area contributed by atoms with Gasteiger partial charge in [-0.1, -0.05) is 45.0 Å². The first-order chi connectivity index (χ1) is 6.67. The van der Waals surface area contributed by atoms with Gasteiger partial charge >= 0.3 is 0 Å². The highest BCUT2D eigenvalue weighted by Gasteiger charge is 2.32. The number of rotatable bonds is 1. The lowest BCUT2D eigenvalue weighted by molar-refractivity contribution is 0.359. The molecular weight excluding hydrogens is 168 g/mol. The van der Waals surface area contributed by atoms with Crippen LogP contribution in [0.2, 0.25) is 0 Å². The first-order valence-corrected chi connectivity index (χ1v) is 5.77. The van der Waals surface area contributed by atoms with E-state index in [9.17, 15) is 0 Å². The van der Waals surface area contributed by atoms with Crippen LogP contribution in [0, 0.1) is 0 Å². The van der Waals surface area contributed by atoms with Gasteiger partial charge in [0.15, 0.2) is 0 Å². The van der Waals surface area contributed by atoms with E-state index in [-0.39, 0.29) is 0 Å². The topological polar surface area (TPSA) is 0 Å². The zero-order valence-corrected chi connectivity index (χ0v) is 9.51. The number of hydrogen-bond donors (Lipinski definition) is 0. The summed E-state index contributed by atoms with van der Waals surface area (Å²) in [5, 5.41) is 0. The standard InChI is InChI=1S/C14H20/c1-4-14(3)10-9-11(2)12-7-5-6-8-13(12)14/h5-8,11H,4,9-10H2,1-3H3/t11-,14+/m0/s1. The Kier molecular flexibility index (Phi) is 2.38. The molecule has 0 spiro atoms. The summed E-state index contributed by atoms with van der Waals surface area (Å²) < 4.78 is 0. The zero-order valence-electron chi connectivity index (χ0n) is 9.51. The van der Waals surface area contributed by atoms with Crippen molar-refractivity contribution in [3.8, 4) is 0 Å². The maximum atomic E-state index is 2.41. The van der Waals surface area contributed by atoms with Crippen LogP contribution in [0.3, 0.4) is 0 Å². The molecule has 2 rings (SSSR count). The molecule has 0 fully saturated rings. The van der Waals surface area contributed by atoms with Crippen LogP contribution in [0.15, 0.2) is 24.3 Å². The van der Waals surface area contributed by atoms with Gasteiger partial charge in [0.2, 0.25) is 0 Å². The van der Waals surface area contributed by atoms with Crippen molar-refractivity contribution in [3.05, 3.63) is 35.4 Å². The van der Waals surface area contributed by atoms with Crippen LogP contribution in [-0.4, -0.2) is 0 Å². The van der Waals surface area contributed by atoms with Crippen LogP contribution in [-0.2, 0) is 5.41 Å². The molecule has 0 unspecified atom stereocenters. The van der Waals surface area contributed by atoms with E-state index < -0.39 is 0 Å². The summed E-state index contributed by atoms with van der Waals surface area (Å²) in [7, 11) is 0. The summed E-state index contributed by atoms with van der Waals surface area (Å²) in [6, 6.07) is 9.00. The fourth-order valence-electron chi connectivity index (χ4n) is 2.67. The van der Waals surface area contributed by atoms with E-state index in [2.05, 4.69) is 45.0 Å². The third-order valence-corrected chi connectivity index (χ3v) is 4.05. The Morgan fingerprint density at radius 1 is 1.36 bits per heavy atom. The molecule has 0 heterocycles. The SMILES string of the molecule is CC[C@]1(C)CC[C@H](C)c2ccccc21. The Hall–Kier alpha value is -0.780. The minimum absolute atomic E-state index is 0.434. The third kappa shape index (κ3) is 1.37. The fraction of sp³-hybridized carbons (Fsp3) is 0.571. The largest absolute Gasteiger partial charge is 0.0645 e. The van der Waals surface area contributed by atoms with Gasteiger partial charge in [-0.3, -0.25) is 0 Å². The van der Waals surface area contributed by atoms with E-state index in [1.165, 1.54) is 19.3 Å². The Bertz CT molecular complexity index is 327. The molecule has 0 heteroatoms. The molecule has 0 nitrogen and oxygen atoms in total. The van der Waals surface area contributed by atoms with Crippen LogP contribution < -0.4 is 0 Å². The molecule has 0 bridgehead atoms. The smallest absolute Gasteiger partial charge is 0.00748 e. The normalized spacial score (nSPS) is 31.2. The van der Waals surface area contributed by atoms with E-state index in [0.717, 1.165) is 5.92 Å². The van der Waals surface area contributed by atoms with Crippen molar-refractivity contribution in [2.75, 3.05) is 0 Å². The van der Waals surface area contributed by atoms with Crippen molar-refractivity contribution < 1.29 is 0 Å². The lowest BCUT2D eigenvalue weighted by Gasteiger charge is -2.38. The average molecular weight is 188 g/mol. The van der Waals surface area contributed by atoms with Crippen molar-refractivity contribution in [2.45, 2.75) is 51.4 Å². The molecule has 0 amide bonds. The average Bonchev–Trinajstić information content (AvgIpc) is 2.24. The zero-order chi connectivity index (χ0) is 10.2. The second kappa shape index (κ2) is 3.42. The molecular formula is C14H20. The van der Waals surface area contributed by atoms with Gasteiger partial charge in [-0.2, -0.15) is 0 Å². The molecule has 1 aliphatic carbocycles. The second-order valence-electron chi connectivity index (χ2n) is 4.94. The third-order valence-electron chi connectivity index (χ3n) is 4.05. The Morgan fingerprint density at radius 2 is 2.07 bits per heavy atom. The van der Waals surface area contributed by atoms with Gasteiger partial charge < -0.3 is 0 Å². The van der Waals surface area contributed by atoms with Crippen LogP contribution in [0.25, 0.3) is 0 Å². The first kappa shape index (κ1) is 9.76. The van der Waals surface area contributed by atoms with Crippen LogP contribution in [0.1, 0.15) is 57.1 Å². The lowest BCUT2D eigenvalue weighted by atomic mass is 9.67. The minimum atomic E-state index is 0.434. The number of fused-ring (bicyclic) bond motifs is 1. The molecule has 0 radical (unpaired) electrons. The molecule has 2 atom stereocenters. The van der Waals surface area contributed by atoms with Gasteiger partial charge in [-0.25, -0.2) is 0 Å². The molecule has 1 aromatic rings. The Balaban J connectivity index is 2.52. The Morgan fingerprint density at radius 3 is 2.79 bits per heavy atom. The minimum Gasteiger partial charge on any atom is -0.0645 e. The molecule has 14 heavy (non-hydrogen) atoms. The van der Waals surface area contributed by atoms with E-state index >= 15 is 0 Å². The molecule has 0 N–H and O–H groups in total. The highest BCUT2D eigenvalue weighted by Crippen LogP contribution is 2.44. The second-order valence-corrected chi connectivity index (χ2v) is 4.94. The summed E-state index contributed by atoms with van der Waals surface area (Å²) in [4.78, 5) is 0. The van der Waals surface area contributed by atoms with Crippen LogP contribution in [0.4, 0.5) is 0 Å². The summed E-state index contributed by atoms with van der Waals surface area (Å²) in [5.74, 6) is 0.755. The summed E-state index contributed by atoms with van der Waals surface area (Å²) in [6.07, 6.45) is 3.96. The molecule has 76 valence electrons. The number of hydrogen-bond acceptors (Lipinski definition) is 0. The molecule has 0 saturated heterocycles. The van der Waals surface area contributed by atoms with Crippen LogP contribution in [0.5, 0.6) is 0 Å². The van der Waals surface area contributed by atoms with Crippen LogP contribution >= 0.6 is 0 Å². The predicted molar refractivity (Wildman–Crippen MR) is 61.7 cm³/mol. The molecule has 0 aliphatic heterocycles. The highest BCUT2D eigenvalue weighted by molar-refractivity contribution is 5.38. The van der Waals surface area contributed by atoms with Crippen molar-refractivity contribution in [3.63, 3.8) is 0 Å². The maximum absolute atomic E-state index is 2.41. The lowest BCUT2D eigenvalue weighted by Crippen LogP contribution is -2.27. The van der Waals surface area contributed by atoms with Gasteiger partial charge in [-0.05, 0) is 41.7 Å². The molecule has 0 saturated carbocycles. The van der Waals surface area contributed by atoms with Gasteiger partial charge in [0.05, 0.1) is 0 Å². The van der Waals surface area contributed by atoms with Crippen molar-refractivity contribution in [2.24, 2.45) is 0 Å². The summed E-state index contributed by atoms with van der Waals surface area (Å²) in [5.41, 5.74) is 3.62. The highest BCUT2D eigenvalue weighted by atomic mass is 14.4. The van der Waals surface area contributed by atoms with E-state index in [1.807, 2.05) is 0 Å². The van der Waals surface area contributed by atoms with Gasteiger partial charge in [0.1, 0.15) is 0 Å². The molecule has 1 aliphatic rings. The monoisotopic (exact) mass is 188 g/mol. The Labute approximate surface area is 87.3 Å². The summed E-state index contributed by atoms with van der Waals surface area (Å²) in [6.45, 7) is 7.08. The molecule has 1 aromatic carbocycles. The summed E-state index contributed by atoms with van der Waals surface area (Å²) >= 11 is 0. The first-order valence-electron chi connectivity index (χ1n) is 5.77. The van der Waals surface area contributed by atoms with Gasteiger partial charge in [-0.15, -0.1) is 0 Å². The van der Waals surface area contributed by atoms with Crippen molar-refractivity contribution in [1.29, 1.82) is 0 Å². The van der Waals surface area contributed by atoms with Gasteiger partial charge in [0, 0.05) is 0 Å². The predicted octanol–water partition coefficient (Wildman–Crippen LogP) is 4.25. The van der Waals surface area contributed by atoms with Crippen molar-refractivity contribution in [1.82, 2.24) is 0 Å². The quantitative estimate of drug-likeness (QED) is 0.618.